The van der Waals surface area contributed by atoms with Crippen molar-refractivity contribution in [3.8, 4) is 0 Å². The number of nitrogen functional groups attached to an aromatic ring is 1. The number of carboxylic acids is 1. The Balaban J connectivity index is 1.85. The molecule has 2 aromatic rings. The summed E-state index contributed by atoms with van der Waals surface area (Å²) in [6.45, 7) is 0.948. The van der Waals surface area contributed by atoms with E-state index in [1.165, 1.54) is 29.6 Å². The number of nitrogens with one attached hydrogen (secondary N) is 1. The molecule has 3 unspecified atom stereocenters. The lowest BCUT2D eigenvalue weighted by Gasteiger charge is -2.43. The third kappa shape index (κ3) is 4.81. The standard InChI is InChI=1S/C14H16N8O8S2/c1-6(13(25)26)30-20-9(7-3-31-14(15)18-7)11(23)19-10-8(2-21-5-16-4-17-21)22(12(10)24)32(27,28)29/h3-6,8,10H,2H2,1H3,(H2,15,18)(H,19,23)(H,25,26)(H,27,28,29)/b20-9-. The molecule has 2 amide bonds. The smallest absolute Gasteiger partial charge is 0.362 e. The summed E-state index contributed by atoms with van der Waals surface area (Å²) >= 11 is 0.965. The van der Waals surface area contributed by atoms with Crippen LogP contribution in [0.2, 0.25) is 0 Å². The van der Waals surface area contributed by atoms with Crippen molar-refractivity contribution in [3.63, 3.8) is 0 Å². The van der Waals surface area contributed by atoms with Crippen LogP contribution in [0.25, 0.3) is 0 Å². The molecule has 0 spiro atoms. The molecular weight excluding hydrogens is 472 g/mol. The van der Waals surface area contributed by atoms with Gasteiger partial charge in [0, 0.05) is 5.38 Å². The van der Waals surface area contributed by atoms with Gasteiger partial charge in [0.05, 0.1) is 12.6 Å². The van der Waals surface area contributed by atoms with Crippen molar-refractivity contribution in [2.24, 2.45) is 5.16 Å². The van der Waals surface area contributed by atoms with E-state index in [2.05, 4.69) is 25.5 Å². The predicted octanol–water partition coefficient (Wildman–Crippen LogP) is -2.29. The van der Waals surface area contributed by atoms with Crippen LogP contribution in [0.1, 0.15) is 12.6 Å². The normalized spacial score (nSPS) is 19.9. The van der Waals surface area contributed by atoms with E-state index < -0.39 is 52.0 Å². The highest BCUT2D eigenvalue weighted by Gasteiger charge is 2.54. The van der Waals surface area contributed by atoms with Crippen LogP contribution in [0.4, 0.5) is 5.13 Å². The molecule has 1 saturated heterocycles. The Hall–Kier alpha value is -3.64. The number of carbonyl (C=O) groups excluding carboxylic acids is 2. The number of thiazole rings is 1. The van der Waals surface area contributed by atoms with Gasteiger partial charge in [-0.15, -0.1) is 11.3 Å². The van der Waals surface area contributed by atoms with Gasteiger partial charge in [-0.1, -0.05) is 5.16 Å². The van der Waals surface area contributed by atoms with E-state index in [0.29, 0.717) is 0 Å². The molecule has 1 aliphatic rings. The molecule has 0 aliphatic carbocycles. The SMILES string of the molecule is CC(O/N=C(\C(=O)NC1C(=O)N(S(=O)(=O)O)C1Cn1cncn1)c1csc(N)n1)C(=O)O. The molecule has 172 valence electrons. The van der Waals surface area contributed by atoms with E-state index in [9.17, 15) is 27.4 Å². The number of rotatable bonds is 9. The fourth-order valence-electron chi connectivity index (χ4n) is 2.65. The highest BCUT2D eigenvalue weighted by atomic mass is 32.2. The van der Waals surface area contributed by atoms with Gasteiger partial charge in [0.25, 0.3) is 11.8 Å². The lowest BCUT2D eigenvalue weighted by atomic mass is 9.98. The van der Waals surface area contributed by atoms with Gasteiger partial charge in [-0.25, -0.2) is 19.1 Å². The van der Waals surface area contributed by atoms with E-state index in [1.54, 1.807) is 0 Å². The van der Waals surface area contributed by atoms with Crippen LogP contribution in [0.3, 0.4) is 0 Å². The molecule has 3 atom stereocenters. The minimum atomic E-state index is -4.91. The average Bonchev–Trinajstić information content (AvgIpc) is 3.36. The van der Waals surface area contributed by atoms with Crippen LogP contribution in [-0.4, -0.2) is 83.8 Å². The topological polar surface area (TPSA) is 232 Å². The number of amides is 2. The summed E-state index contributed by atoms with van der Waals surface area (Å²) in [6.07, 6.45) is 1.01. The van der Waals surface area contributed by atoms with E-state index >= 15 is 0 Å². The molecule has 16 nitrogen and oxygen atoms in total. The van der Waals surface area contributed by atoms with Crippen molar-refractivity contribution in [1.29, 1.82) is 0 Å². The van der Waals surface area contributed by atoms with E-state index in [4.69, 9.17) is 15.7 Å². The van der Waals surface area contributed by atoms with Gasteiger partial charge in [-0.3, -0.25) is 18.8 Å². The quantitative estimate of drug-likeness (QED) is 0.126. The molecule has 32 heavy (non-hydrogen) atoms. The second-order valence-corrected chi connectivity index (χ2v) is 8.52. The zero-order valence-electron chi connectivity index (χ0n) is 16.1. The maximum Gasteiger partial charge on any atom is 0.362 e. The van der Waals surface area contributed by atoms with Crippen molar-refractivity contribution in [2.45, 2.75) is 31.7 Å². The number of aliphatic carboxylic acids is 1. The monoisotopic (exact) mass is 488 g/mol. The van der Waals surface area contributed by atoms with Crippen LogP contribution in [-0.2, 0) is 36.1 Å². The summed E-state index contributed by atoms with van der Waals surface area (Å²) < 4.78 is 33.9. The van der Waals surface area contributed by atoms with Crippen molar-refractivity contribution in [2.75, 3.05) is 5.73 Å². The Morgan fingerprint density at radius 3 is 2.72 bits per heavy atom. The van der Waals surface area contributed by atoms with Gasteiger partial charge < -0.3 is 21.0 Å². The molecule has 1 aliphatic heterocycles. The number of aromatic nitrogens is 4. The minimum absolute atomic E-state index is 0.0613. The lowest BCUT2D eigenvalue weighted by molar-refractivity contribution is -0.149. The molecule has 0 aromatic carbocycles. The average molecular weight is 488 g/mol. The first-order chi connectivity index (χ1) is 15.0. The molecule has 1 fully saturated rings. The lowest BCUT2D eigenvalue weighted by Crippen LogP contribution is -2.73. The van der Waals surface area contributed by atoms with Gasteiger partial charge in [-0.05, 0) is 6.92 Å². The Morgan fingerprint density at radius 1 is 1.47 bits per heavy atom. The number of nitrogens with two attached hydrogens (primary N) is 1. The molecule has 3 rings (SSSR count). The molecule has 5 N–H and O–H groups in total. The molecule has 18 heteroatoms. The third-order valence-corrected chi connectivity index (χ3v) is 5.80. The van der Waals surface area contributed by atoms with Crippen LogP contribution in [0, 0.1) is 0 Å². The third-order valence-electron chi connectivity index (χ3n) is 4.17. The maximum atomic E-state index is 12.8. The summed E-state index contributed by atoms with van der Waals surface area (Å²) in [6, 6.07) is -2.63. The molecular formula is C14H16N8O8S2. The Bertz CT molecular complexity index is 1160. The number of nitrogens with zero attached hydrogens (tertiary/aromatic N) is 6. The fourth-order valence-corrected chi connectivity index (χ4v) is 4.07. The minimum Gasteiger partial charge on any atom is -0.478 e. The van der Waals surface area contributed by atoms with Crippen molar-refractivity contribution in [1.82, 2.24) is 29.4 Å². The summed E-state index contributed by atoms with van der Waals surface area (Å²) in [7, 11) is -4.91. The number of hydrogen-bond acceptors (Lipinski definition) is 12. The number of carbonyl (C=O) groups is 3. The van der Waals surface area contributed by atoms with E-state index in [0.717, 1.165) is 11.3 Å². The fraction of sp³-hybridized carbons (Fsp3) is 0.357. The Kier molecular flexibility index (Phi) is 6.37. The van der Waals surface area contributed by atoms with Crippen LogP contribution in [0.5, 0.6) is 0 Å². The highest BCUT2D eigenvalue weighted by molar-refractivity contribution is 7.84. The first-order valence-electron chi connectivity index (χ1n) is 8.61. The van der Waals surface area contributed by atoms with Crippen LogP contribution < -0.4 is 11.1 Å². The first-order valence-corrected chi connectivity index (χ1v) is 10.9. The maximum absolute atomic E-state index is 12.8. The number of carboxylic acid groups (broad SMARTS) is 1. The van der Waals surface area contributed by atoms with Gasteiger partial charge >= 0.3 is 16.3 Å². The number of anilines is 1. The van der Waals surface area contributed by atoms with Crippen LogP contribution >= 0.6 is 11.3 Å². The van der Waals surface area contributed by atoms with Crippen molar-refractivity contribution in [3.05, 3.63) is 23.7 Å². The molecule has 0 saturated carbocycles. The number of β-lactam (4-membered cyclic amide) rings is 1. The second kappa shape index (κ2) is 8.85. The number of oxime groups is 1. The van der Waals surface area contributed by atoms with E-state index in [-0.39, 0.29) is 21.7 Å². The van der Waals surface area contributed by atoms with Crippen molar-refractivity contribution >= 4 is 50.3 Å². The second-order valence-electron chi connectivity index (χ2n) is 6.34. The van der Waals surface area contributed by atoms with E-state index in [1.807, 2.05) is 0 Å². The highest BCUT2D eigenvalue weighted by Crippen LogP contribution is 2.25. The van der Waals surface area contributed by atoms with Crippen LogP contribution in [0.15, 0.2) is 23.2 Å². The first kappa shape index (κ1) is 23.0. The molecule has 0 radical (unpaired) electrons. The summed E-state index contributed by atoms with van der Waals surface area (Å²) in [5.74, 6) is -3.48. The zero-order chi connectivity index (χ0) is 23.6. The van der Waals surface area contributed by atoms with Gasteiger partial charge in [-0.2, -0.15) is 13.5 Å². The summed E-state index contributed by atoms with van der Waals surface area (Å²) in [4.78, 5) is 48.5. The zero-order valence-corrected chi connectivity index (χ0v) is 17.7. The summed E-state index contributed by atoms with van der Waals surface area (Å²) in [5.41, 5.74) is 5.00. The van der Waals surface area contributed by atoms with Crippen molar-refractivity contribution < 1.29 is 37.3 Å². The van der Waals surface area contributed by atoms with Gasteiger partial charge in [0.1, 0.15) is 24.4 Å². The Labute approximate surface area is 183 Å². The Morgan fingerprint density at radius 2 is 2.19 bits per heavy atom. The molecule has 2 aromatic heterocycles. The summed E-state index contributed by atoms with van der Waals surface area (Å²) in [5, 5.41) is 20.0. The largest absolute Gasteiger partial charge is 0.478 e. The predicted molar refractivity (Wildman–Crippen MR) is 105 cm³/mol. The van der Waals surface area contributed by atoms with Gasteiger partial charge in [0.15, 0.2) is 10.8 Å². The molecule has 0 bridgehead atoms. The van der Waals surface area contributed by atoms with Gasteiger partial charge in [0.2, 0.25) is 6.10 Å². The molecule has 3 heterocycles. The number of hydrogen-bond donors (Lipinski definition) is 4.